The Morgan fingerprint density at radius 1 is 1.13 bits per heavy atom. The second kappa shape index (κ2) is 9.03. The summed E-state index contributed by atoms with van der Waals surface area (Å²) in [7, 11) is 0. The molecule has 3 aromatic rings. The zero-order valence-corrected chi connectivity index (χ0v) is 20.4. The first kappa shape index (κ1) is 21.9. The number of piperidine rings is 1. The predicted octanol–water partition coefficient (Wildman–Crippen LogP) is 5.53. The number of fused-ring (bicyclic) bond motifs is 1. The molecular formula is C25H31BrN4O. The largest absolute Gasteiger partial charge is 0.352 e. The lowest BCUT2D eigenvalue weighted by atomic mass is 9.96. The van der Waals surface area contributed by atoms with E-state index in [9.17, 15) is 4.79 Å². The number of benzene rings is 2. The van der Waals surface area contributed by atoms with Gasteiger partial charge in [0.1, 0.15) is 0 Å². The van der Waals surface area contributed by atoms with Crippen LogP contribution < -0.4 is 10.2 Å². The quantitative estimate of drug-likeness (QED) is 0.519. The molecule has 1 aliphatic heterocycles. The lowest BCUT2D eigenvalue weighted by Gasteiger charge is -2.33. The van der Waals surface area contributed by atoms with Gasteiger partial charge in [0.15, 0.2) is 0 Å². The molecule has 4 rings (SSSR count). The van der Waals surface area contributed by atoms with Crippen LogP contribution in [0.1, 0.15) is 49.4 Å². The van der Waals surface area contributed by atoms with Crippen molar-refractivity contribution in [3.63, 3.8) is 0 Å². The van der Waals surface area contributed by atoms with Gasteiger partial charge in [0.05, 0.1) is 11.0 Å². The van der Waals surface area contributed by atoms with Crippen molar-refractivity contribution in [2.45, 2.75) is 53.1 Å². The number of nitrogens with zero attached hydrogens (tertiary/aromatic N) is 3. The molecule has 0 radical (unpaired) electrons. The Labute approximate surface area is 193 Å². The van der Waals surface area contributed by atoms with E-state index in [1.165, 1.54) is 16.6 Å². The van der Waals surface area contributed by atoms with Gasteiger partial charge in [-0.25, -0.2) is 4.98 Å². The van der Waals surface area contributed by atoms with Crippen molar-refractivity contribution < 1.29 is 4.79 Å². The summed E-state index contributed by atoms with van der Waals surface area (Å²) in [6.45, 7) is 11.0. The fourth-order valence-corrected chi connectivity index (χ4v) is 4.61. The van der Waals surface area contributed by atoms with Crippen molar-refractivity contribution in [2.75, 3.05) is 18.0 Å². The van der Waals surface area contributed by atoms with Gasteiger partial charge in [-0.2, -0.15) is 0 Å². The molecule has 1 saturated heterocycles. The molecule has 5 nitrogen and oxygen atoms in total. The predicted molar refractivity (Wildman–Crippen MR) is 131 cm³/mol. The molecule has 0 aliphatic carbocycles. The molecule has 1 fully saturated rings. The van der Waals surface area contributed by atoms with Crippen LogP contribution in [0.15, 0.2) is 40.9 Å². The summed E-state index contributed by atoms with van der Waals surface area (Å²) in [4.78, 5) is 20.1. The second-order valence-corrected chi connectivity index (χ2v) is 9.82. The standard InChI is InChI=1S/C25H31BrN4O/c1-16(2)30-23-14-18(4)17(3)13-22(23)28-25(30)29-11-9-20(10-12-29)24(31)27-15-19-5-7-21(26)8-6-19/h5-8,13-14,16,20H,9-12,15H2,1-4H3,(H,27,31). The number of anilines is 1. The zero-order chi connectivity index (χ0) is 22.1. The topological polar surface area (TPSA) is 50.2 Å². The minimum Gasteiger partial charge on any atom is -0.352 e. The maximum absolute atomic E-state index is 12.7. The van der Waals surface area contributed by atoms with Crippen LogP contribution >= 0.6 is 15.9 Å². The summed E-state index contributed by atoms with van der Waals surface area (Å²) >= 11 is 3.45. The number of nitrogens with one attached hydrogen (secondary N) is 1. The minimum atomic E-state index is 0.0630. The molecule has 0 saturated carbocycles. The molecule has 0 atom stereocenters. The Hall–Kier alpha value is -2.34. The highest BCUT2D eigenvalue weighted by Crippen LogP contribution is 2.31. The maximum atomic E-state index is 12.7. The van der Waals surface area contributed by atoms with E-state index in [0.717, 1.165) is 47.4 Å². The van der Waals surface area contributed by atoms with Crippen LogP contribution in [0.4, 0.5) is 5.95 Å². The summed E-state index contributed by atoms with van der Waals surface area (Å²) in [5.74, 6) is 1.25. The SMILES string of the molecule is Cc1cc2nc(N3CCC(C(=O)NCc4ccc(Br)cc4)CC3)n(C(C)C)c2cc1C. The van der Waals surface area contributed by atoms with Crippen molar-refractivity contribution in [3.8, 4) is 0 Å². The smallest absolute Gasteiger partial charge is 0.223 e. The Bertz CT molecular complexity index is 1080. The van der Waals surface area contributed by atoms with Crippen molar-refractivity contribution in [1.82, 2.24) is 14.9 Å². The summed E-state index contributed by atoms with van der Waals surface area (Å²) in [5.41, 5.74) is 5.93. The van der Waals surface area contributed by atoms with Crippen molar-refractivity contribution in [2.24, 2.45) is 5.92 Å². The minimum absolute atomic E-state index is 0.0630. The molecular weight excluding hydrogens is 452 g/mol. The number of amides is 1. The van der Waals surface area contributed by atoms with E-state index in [-0.39, 0.29) is 11.8 Å². The highest BCUT2D eigenvalue weighted by Gasteiger charge is 2.28. The van der Waals surface area contributed by atoms with E-state index < -0.39 is 0 Å². The van der Waals surface area contributed by atoms with Gasteiger partial charge < -0.3 is 14.8 Å². The summed E-state index contributed by atoms with van der Waals surface area (Å²) in [5, 5.41) is 3.11. The molecule has 6 heteroatoms. The molecule has 1 aliphatic rings. The number of imidazole rings is 1. The number of aryl methyl sites for hydroxylation is 2. The highest BCUT2D eigenvalue weighted by atomic mass is 79.9. The van der Waals surface area contributed by atoms with Crippen LogP contribution in [0, 0.1) is 19.8 Å². The lowest BCUT2D eigenvalue weighted by Crippen LogP contribution is -2.41. The third-order valence-corrected chi connectivity index (χ3v) is 6.86. The first-order valence-corrected chi connectivity index (χ1v) is 11.9. The fraction of sp³-hybridized carbons (Fsp3) is 0.440. The summed E-state index contributed by atoms with van der Waals surface area (Å²) in [6, 6.07) is 12.8. The van der Waals surface area contributed by atoms with Crippen LogP contribution in [0.3, 0.4) is 0 Å². The van der Waals surface area contributed by atoms with Crippen molar-refractivity contribution in [3.05, 3.63) is 57.6 Å². The molecule has 1 amide bonds. The average molecular weight is 483 g/mol. The van der Waals surface area contributed by atoms with Gasteiger partial charge in [0.25, 0.3) is 0 Å². The second-order valence-electron chi connectivity index (χ2n) is 8.91. The molecule has 0 unspecified atom stereocenters. The van der Waals surface area contributed by atoms with E-state index in [4.69, 9.17) is 4.98 Å². The third-order valence-electron chi connectivity index (χ3n) is 6.33. The number of hydrogen-bond acceptors (Lipinski definition) is 3. The number of carbonyl (C=O) groups is 1. The van der Waals surface area contributed by atoms with Crippen LogP contribution in [-0.2, 0) is 11.3 Å². The van der Waals surface area contributed by atoms with E-state index in [0.29, 0.717) is 12.6 Å². The number of rotatable bonds is 5. The van der Waals surface area contributed by atoms with E-state index >= 15 is 0 Å². The zero-order valence-electron chi connectivity index (χ0n) is 18.8. The van der Waals surface area contributed by atoms with Gasteiger partial charge in [0.2, 0.25) is 11.9 Å². The number of halogens is 1. The third kappa shape index (κ3) is 4.64. The summed E-state index contributed by atoms with van der Waals surface area (Å²) in [6.07, 6.45) is 1.71. The molecule has 31 heavy (non-hydrogen) atoms. The monoisotopic (exact) mass is 482 g/mol. The van der Waals surface area contributed by atoms with Crippen molar-refractivity contribution >= 4 is 38.8 Å². The Balaban J connectivity index is 1.43. The molecule has 2 heterocycles. The molecule has 164 valence electrons. The van der Waals surface area contributed by atoms with Gasteiger partial charge in [-0.1, -0.05) is 28.1 Å². The van der Waals surface area contributed by atoms with Crippen LogP contribution in [0.2, 0.25) is 0 Å². The van der Waals surface area contributed by atoms with Gasteiger partial charge in [-0.05, 0) is 81.5 Å². The van der Waals surface area contributed by atoms with Crippen molar-refractivity contribution in [1.29, 1.82) is 0 Å². The van der Waals surface area contributed by atoms with E-state index in [1.807, 2.05) is 24.3 Å². The molecule has 1 aromatic heterocycles. The normalized spacial score (nSPS) is 15.1. The Morgan fingerprint density at radius 2 is 1.77 bits per heavy atom. The molecule has 0 spiro atoms. The first-order chi connectivity index (χ1) is 14.8. The fourth-order valence-electron chi connectivity index (χ4n) is 4.35. The maximum Gasteiger partial charge on any atom is 0.223 e. The molecule has 0 bridgehead atoms. The van der Waals surface area contributed by atoms with Gasteiger partial charge in [-0.15, -0.1) is 0 Å². The number of carbonyl (C=O) groups excluding carboxylic acids is 1. The first-order valence-electron chi connectivity index (χ1n) is 11.1. The van der Waals surface area contributed by atoms with E-state index in [2.05, 4.69) is 70.5 Å². The molecule has 2 aromatic carbocycles. The van der Waals surface area contributed by atoms with Gasteiger partial charge in [0, 0.05) is 36.1 Å². The Morgan fingerprint density at radius 3 is 2.42 bits per heavy atom. The lowest BCUT2D eigenvalue weighted by molar-refractivity contribution is -0.125. The van der Waals surface area contributed by atoms with Crippen LogP contribution in [0.5, 0.6) is 0 Å². The Kier molecular flexibility index (Phi) is 6.37. The van der Waals surface area contributed by atoms with Crippen LogP contribution in [-0.4, -0.2) is 28.5 Å². The highest BCUT2D eigenvalue weighted by molar-refractivity contribution is 9.10. The van der Waals surface area contributed by atoms with Gasteiger partial charge in [-0.3, -0.25) is 4.79 Å². The van der Waals surface area contributed by atoms with Gasteiger partial charge >= 0.3 is 0 Å². The number of hydrogen-bond donors (Lipinski definition) is 1. The average Bonchev–Trinajstić information content (AvgIpc) is 3.12. The van der Waals surface area contributed by atoms with E-state index in [1.54, 1.807) is 0 Å². The molecule has 1 N–H and O–H groups in total. The summed E-state index contributed by atoms with van der Waals surface area (Å²) < 4.78 is 3.39. The van der Waals surface area contributed by atoms with Crippen LogP contribution in [0.25, 0.3) is 11.0 Å². The number of aromatic nitrogens is 2.